The van der Waals surface area contributed by atoms with E-state index in [9.17, 15) is 0 Å². The van der Waals surface area contributed by atoms with Gasteiger partial charge in [-0.15, -0.1) is 5.10 Å². The summed E-state index contributed by atoms with van der Waals surface area (Å²) < 4.78 is 12.6. The monoisotopic (exact) mass is 490 g/mol. The van der Waals surface area contributed by atoms with Gasteiger partial charge in [0.15, 0.2) is 17.2 Å². The van der Waals surface area contributed by atoms with Crippen LogP contribution in [0.5, 0.6) is 5.75 Å². The van der Waals surface area contributed by atoms with Crippen molar-refractivity contribution in [2.24, 2.45) is 0 Å². The van der Waals surface area contributed by atoms with E-state index in [2.05, 4.69) is 31.9 Å². The average Bonchev–Trinajstić information content (AvgIpc) is 3.50. The number of fused-ring (bicyclic) bond motifs is 1. The van der Waals surface area contributed by atoms with E-state index in [1.165, 1.54) is 4.52 Å². The van der Waals surface area contributed by atoms with Crippen molar-refractivity contribution in [2.45, 2.75) is 6.42 Å². The van der Waals surface area contributed by atoms with E-state index in [0.717, 1.165) is 11.1 Å². The van der Waals surface area contributed by atoms with E-state index < -0.39 is 0 Å². The Labute approximate surface area is 204 Å². The van der Waals surface area contributed by atoms with Crippen LogP contribution in [0.15, 0.2) is 65.7 Å². The summed E-state index contributed by atoms with van der Waals surface area (Å²) in [7, 11) is 0. The summed E-state index contributed by atoms with van der Waals surface area (Å²) >= 11 is 12.4. The lowest BCUT2D eigenvalue weighted by Crippen LogP contribution is -2.00. The van der Waals surface area contributed by atoms with E-state index in [1.54, 1.807) is 37.0 Å². The number of hydrogen-bond acceptors (Lipinski definition) is 7. The number of benzene rings is 1. The smallest absolute Gasteiger partial charge is 0.218 e. The summed E-state index contributed by atoms with van der Waals surface area (Å²) in [5, 5.41) is 5.46. The number of furan rings is 1. The fourth-order valence-electron chi connectivity index (χ4n) is 3.24. The number of nitrogens with two attached hydrogens (primary N) is 1. The molecule has 1 aromatic carbocycles. The third-order valence-electron chi connectivity index (χ3n) is 4.87. The third-order valence-corrected chi connectivity index (χ3v) is 5.52. The molecule has 0 radical (unpaired) electrons. The normalized spacial score (nSPS) is 10.8. The molecule has 168 valence electrons. The highest BCUT2D eigenvalue weighted by Gasteiger charge is 2.12. The van der Waals surface area contributed by atoms with Crippen LogP contribution in [0.4, 0.5) is 5.82 Å². The van der Waals surface area contributed by atoms with Gasteiger partial charge < -0.3 is 14.9 Å². The SMILES string of the molecule is Nc1nc(C#CCOc2ccc(Cc3c(Cl)cncc3Cl)cc2)cn2nc(-c3ccco3)nc12. The van der Waals surface area contributed by atoms with E-state index in [1.807, 2.05) is 24.3 Å². The van der Waals surface area contributed by atoms with E-state index in [4.69, 9.17) is 38.1 Å². The van der Waals surface area contributed by atoms with Crippen molar-refractivity contribution in [1.29, 1.82) is 0 Å². The predicted octanol–water partition coefficient (Wildman–Crippen LogP) is 4.69. The highest BCUT2D eigenvalue weighted by molar-refractivity contribution is 6.35. The minimum atomic E-state index is 0.177. The molecule has 0 aliphatic carbocycles. The molecule has 4 heterocycles. The summed E-state index contributed by atoms with van der Waals surface area (Å²) in [5.41, 5.74) is 8.79. The summed E-state index contributed by atoms with van der Waals surface area (Å²) in [6.45, 7) is 0.177. The van der Waals surface area contributed by atoms with Crippen LogP contribution in [0.25, 0.3) is 17.2 Å². The molecule has 0 spiro atoms. The van der Waals surface area contributed by atoms with Crippen LogP contribution >= 0.6 is 23.2 Å². The minimum Gasteiger partial charge on any atom is -0.481 e. The average molecular weight is 491 g/mol. The molecule has 0 aliphatic heterocycles. The highest BCUT2D eigenvalue weighted by Crippen LogP contribution is 2.26. The zero-order chi connectivity index (χ0) is 23.5. The maximum Gasteiger partial charge on any atom is 0.218 e. The number of pyridine rings is 1. The number of aromatic nitrogens is 5. The van der Waals surface area contributed by atoms with Crippen LogP contribution in [-0.4, -0.2) is 31.2 Å². The molecule has 0 amide bonds. The zero-order valence-electron chi connectivity index (χ0n) is 17.6. The Kier molecular flexibility index (Phi) is 6.04. The second kappa shape index (κ2) is 9.43. The van der Waals surface area contributed by atoms with Crippen molar-refractivity contribution in [3.63, 3.8) is 0 Å². The Morgan fingerprint density at radius 3 is 2.59 bits per heavy atom. The molecule has 0 saturated carbocycles. The van der Waals surface area contributed by atoms with Crippen molar-refractivity contribution < 1.29 is 9.15 Å². The Morgan fingerprint density at radius 1 is 1.06 bits per heavy atom. The fourth-order valence-corrected chi connectivity index (χ4v) is 3.74. The van der Waals surface area contributed by atoms with Crippen LogP contribution < -0.4 is 10.5 Å². The lowest BCUT2D eigenvalue weighted by molar-refractivity contribution is 0.370. The molecule has 0 unspecified atom stereocenters. The second-order valence-corrected chi connectivity index (χ2v) is 8.00. The van der Waals surface area contributed by atoms with Gasteiger partial charge in [-0.2, -0.15) is 0 Å². The van der Waals surface area contributed by atoms with Crippen LogP contribution in [0.2, 0.25) is 10.0 Å². The highest BCUT2D eigenvalue weighted by atomic mass is 35.5. The van der Waals surface area contributed by atoms with Crippen LogP contribution in [0.3, 0.4) is 0 Å². The molecule has 4 aromatic heterocycles. The van der Waals surface area contributed by atoms with Gasteiger partial charge in [-0.3, -0.25) is 4.98 Å². The van der Waals surface area contributed by atoms with Gasteiger partial charge in [0.1, 0.15) is 18.1 Å². The lowest BCUT2D eigenvalue weighted by atomic mass is 10.1. The van der Waals surface area contributed by atoms with Gasteiger partial charge in [0.05, 0.1) is 22.5 Å². The molecule has 0 saturated heterocycles. The summed E-state index contributed by atoms with van der Waals surface area (Å²) in [5.74, 6) is 7.74. The molecule has 5 aromatic rings. The van der Waals surface area contributed by atoms with Gasteiger partial charge in [0, 0.05) is 18.8 Å². The van der Waals surface area contributed by atoms with E-state index >= 15 is 0 Å². The van der Waals surface area contributed by atoms with Crippen LogP contribution in [-0.2, 0) is 6.42 Å². The molecule has 2 N–H and O–H groups in total. The first-order valence-electron chi connectivity index (χ1n) is 10.1. The Hall–Kier alpha value is -4.06. The zero-order valence-corrected chi connectivity index (χ0v) is 19.1. The van der Waals surface area contributed by atoms with Gasteiger partial charge in [-0.25, -0.2) is 14.5 Å². The van der Waals surface area contributed by atoms with Gasteiger partial charge in [-0.05, 0) is 41.3 Å². The fraction of sp³-hybridized carbons (Fsp3) is 0.0833. The minimum absolute atomic E-state index is 0.177. The topological polar surface area (TPSA) is 104 Å². The first kappa shape index (κ1) is 21.8. The molecular formula is C24H16Cl2N6O2. The molecule has 8 nitrogen and oxygen atoms in total. The number of anilines is 1. The molecule has 0 bridgehead atoms. The molecule has 0 fully saturated rings. The largest absolute Gasteiger partial charge is 0.481 e. The Bertz CT molecular complexity index is 1500. The number of rotatable bonds is 5. The molecule has 0 atom stereocenters. The van der Waals surface area contributed by atoms with Crippen molar-refractivity contribution in [1.82, 2.24) is 24.6 Å². The van der Waals surface area contributed by atoms with E-state index in [-0.39, 0.29) is 12.4 Å². The van der Waals surface area contributed by atoms with Gasteiger partial charge in [0.25, 0.3) is 0 Å². The molecular weight excluding hydrogens is 475 g/mol. The number of nitrogen functional groups attached to an aromatic ring is 1. The quantitative estimate of drug-likeness (QED) is 0.356. The number of halogens is 2. The van der Waals surface area contributed by atoms with E-state index in [0.29, 0.717) is 45.1 Å². The van der Waals surface area contributed by atoms with Gasteiger partial charge in [-0.1, -0.05) is 41.3 Å². The van der Waals surface area contributed by atoms with Crippen molar-refractivity contribution in [2.75, 3.05) is 12.3 Å². The Morgan fingerprint density at radius 2 is 1.85 bits per heavy atom. The predicted molar refractivity (Wildman–Crippen MR) is 129 cm³/mol. The number of nitrogens with zero attached hydrogens (tertiary/aromatic N) is 5. The van der Waals surface area contributed by atoms with Crippen molar-refractivity contribution >= 4 is 34.7 Å². The van der Waals surface area contributed by atoms with Crippen LogP contribution in [0.1, 0.15) is 16.8 Å². The Balaban J connectivity index is 1.23. The van der Waals surface area contributed by atoms with Crippen molar-refractivity contribution in [3.05, 3.63) is 88.1 Å². The molecule has 5 rings (SSSR count). The first-order valence-corrected chi connectivity index (χ1v) is 10.9. The maximum absolute atomic E-state index is 6.20. The second-order valence-electron chi connectivity index (χ2n) is 7.19. The lowest BCUT2D eigenvalue weighted by Gasteiger charge is -2.07. The van der Waals surface area contributed by atoms with Gasteiger partial charge >= 0.3 is 0 Å². The molecule has 10 heteroatoms. The summed E-state index contributed by atoms with van der Waals surface area (Å²) in [6, 6.07) is 11.2. The number of hydrogen-bond donors (Lipinski definition) is 1. The van der Waals surface area contributed by atoms with Crippen molar-refractivity contribution in [3.8, 4) is 29.2 Å². The molecule has 0 aliphatic rings. The third kappa shape index (κ3) is 4.66. The molecule has 34 heavy (non-hydrogen) atoms. The summed E-state index contributed by atoms with van der Waals surface area (Å²) in [4.78, 5) is 12.6. The first-order chi connectivity index (χ1) is 16.6. The summed E-state index contributed by atoms with van der Waals surface area (Å²) in [6.07, 6.45) is 6.97. The van der Waals surface area contributed by atoms with Crippen LogP contribution in [0, 0.1) is 11.8 Å². The maximum atomic E-state index is 6.20. The van der Waals surface area contributed by atoms with Gasteiger partial charge in [0.2, 0.25) is 5.82 Å². The standard InChI is InChI=1S/C24H16Cl2N6O2/c25-19-12-28-13-20(26)18(19)11-15-5-7-17(8-6-15)33-9-1-3-16-14-32-24(22(27)29-16)30-23(31-32)21-4-2-10-34-21/h2,4-8,10,12-14H,9,11H2,(H2,27,29). The number of ether oxygens (including phenoxy) is 1.